The van der Waals surface area contributed by atoms with Crippen LogP contribution in [0.15, 0.2) is 24.4 Å². The lowest BCUT2D eigenvalue weighted by molar-refractivity contribution is 0.478. The van der Waals surface area contributed by atoms with Crippen LogP contribution in [0.5, 0.6) is 5.75 Å². The minimum absolute atomic E-state index is 0.234. The monoisotopic (exact) mass is 205 g/mol. The molecule has 0 saturated carbocycles. The van der Waals surface area contributed by atoms with Crippen molar-refractivity contribution in [2.45, 2.75) is 19.9 Å². The Balaban J connectivity index is 2.62. The number of aromatic nitrogens is 1. The Bertz CT molecular complexity index is 488. The first kappa shape index (κ1) is 9.71. The zero-order valence-corrected chi connectivity index (χ0v) is 8.86. The Labute approximate surface area is 88.3 Å². The molecular formula is C11H15N3O. The normalized spacial score (nSPS) is 11.1. The number of aromatic hydroxyl groups is 1. The molecule has 0 aliphatic rings. The molecule has 0 fully saturated rings. The first-order valence-corrected chi connectivity index (χ1v) is 4.94. The molecule has 0 aliphatic heterocycles. The number of nitrogens with two attached hydrogens (primary N) is 1. The number of hydrogen-bond acceptors (Lipinski definition) is 3. The van der Waals surface area contributed by atoms with E-state index >= 15 is 0 Å². The van der Waals surface area contributed by atoms with Crippen molar-refractivity contribution >= 4 is 16.6 Å². The highest BCUT2D eigenvalue weighted by molar-refractivity contribution is 5.95. The van der Waals surface area contributed by atoms with Crippen molar-refractivity contribution in [3.05, 3.63) is 24.4 Å². The summed E-state index contributed by atoms with van der Waals surface area (Å²) in [6.45, 7) is 4.07. The summed E-state index contributed by atoms with van der Waals surface area (Å²) < 4.78 is 1.80. The maximum absolute atomic E-state index is 9.76. The molecule has 0 atom stereocenters. The van der Waals surface area contributed by atoms with Gasteiger partial charge in [-0.1, -0.05) is 0 Å². The second-order valence-corrected chi connectivity index (χ2v) is 3.91. The van der Waals surface area contributed by atoms with E-state index in [1.54, 1.807) is 16.8 Å². The molecule has 2 rings (SSSR count). The predicted molar refractivity (Wildman–Crippen MR) is 62.5 cm³/mol. The summed E-state index contributed by atoms with van der Waals surface area (Å²) in [5, 5.41) is 10.6. The van der Waals surface area contributed by atoms with Gasteiger partial charge in [0.15, 0.2) is 0 Å². The van der Waals surface area contributed by atoms with Crippen molar-refractivity contribution in [1.82, 2.24) is 4.68 Å². The van der Waals surface area contributed by atoms with Gasteiger partial charge in [0.05, 0.1) is 0 Å². The Hall–Kier alpha value is -1.84. The molecule has 2 aromatic rings. The van der Waals surface area contributed by atoms with Crippen LogP contribution < -0.4 is 11.2 Å². The average molecular weight is 205 g/mol. The summed E-state index contributed by atoms with van der Waals surface area (Å²) in [6, 6.07) is 5.49. The first-order chi connectivity index (χ1) is 7.09. The molecule has 15 heavy (non-hydrogen) atoms. The number of nitrogens with one attached hydrogen (secondary N) is 1. The molecule has 1 aromatic heterocycles. The Kier molecular flexibility index (Phi) is 2.19. The number of fused-ring (bicyclic) bond motifs is 1. The highest BCUT2D eigenvalue weighted by Crippen LogP contribution is 2.29. The third-order valence-corrected chi connectivity index (χ3v) is 2.26. The molecule has 80 valence electrons. The van der Waals surface area contributed by atoms with Crippen molar-refractivity contribution in [2.75, 3.05) is 11.2 Å². The van der Waals surface area contributed by atoms with Crippen molar-refractivity contribution in [3.63, 3.8) is 0 Å². The predicted octanol–water partition coefficient (Wildman–Crippen LogP) is 1.88. The van der Waals surface area contributed by atoms with Gasteiger partial charge in [-0.3, -0.25) is 4.68 Å². The molecule has 1 heterocycles. The number of rotatable bonds is 2. The van der Waals surface area contributed by atoms with Gasteiger partial charge in [0.2, 0.25) is 0 Å². The quantitative estimate of drug-likeness (QED) is 0.518. The number of anilines is 1. The van der Waals surface area contributed by atoms with Gasteiger partial charge in [0, 0.05) is 23.3 Å². The van der Waals surface area contributed by atoms with E-state index in [-0.39, 0.29) is 5.75 Å². The largest absolute Gasteiger partial charge is 0.506 e. The van der Waals surface area contributed by atoms with E-state index in [0.29, 0.717) is 11.7 Å². The number of phenolic OH excluding ortho intramolecular Hbond substituents is 1. The summed E-state index contributed by atoms with van der Waals surface area (Å²) in [7, 11) is 0. The third-order valence-electron chi connectivity index (χ3n) is 2.26. The van der Waals surface area contributed by atoms with Gasteiger partial charge >= 0.3 is 0 Å². The van der Waals surface area contributed by atoms with Gasteiger partial charge in [-0.15, -0.1) is 0 Å². The summed E-state index contributed by atoms with van der Waals surface area (Å²) in [5.74, 6) is 0.234. The number of hydrogen-bond donors (Lipinski definition) is 3. The van der Waals surface area contributed by atoms with Gasteiger partial charge in [-0.2, -0.15) is 0 Å². The van der Waals surface area contributed by atoms with Crippen molar-refractivity contribution in [3.8, 4) is 5.75 Å². The maximum atomic E-state index is 9.76. The van der Waals surface area contributed by atoms with Crippen LogP contribution in [-0.4, -0.2) is 15.8 Å². The first-order valence-electron chi connectivity index (χ1n) is 4.94. The molecule has 0 unspecified atom stereocenters. The zero-order valence-electron chi connectivity index (χ0n) is 8.86. The van der Waals surface area contributed by atoms with Crippen LogP contribution in [0.25, 0.3) is 10.9 Å². The fraction of sp³-hybridized carbons (Fsp3) is 0.273. The van der Waals surface area contributed by atoms with Crippen LogP contribution >= 0.6 is 0 Å². The standard InChI is InChI=1S/C11H15N3O/c1-7(2)13-14-6-5-8-9(12)3-4-10(15)11(8)14/h3-7,13,15H,12H2,1-2H3. The minimum atomic E-state index is 0.234. The van der Waals surface area contributed by atoms with E-state index in [1.165, 1.54) is 0 Å². The zero-order chi connectivity index (χ0) is 11.0. The fourth-order valence-corrected chi connectivity index (χ4v) is 1.65. The molecule has 0 bridgehead atoms. The van der Waals surface area contributed by atoms with Crippen LogP contribution in [0.3, 0.4) is 0 Å². The van der Waals surface area contributed by atoms with Gasteiger partial charge < -0.3 is 16.3 Å². The molecule has 4 heteroatoms. The summed E-state index contributed by atoms with van der Waals surface area (Å²) in [5.41, 5.74) is 10.4. The van der Waals surface area contributed by atoms with E-state index < -0.39 is 0 Å². The van der Waals surface area contributed by atoms with Gasteiger partial charge in [0.1, 0.15) is 11.3 Å². The second kappa shape index (κ2) is 3.38. The third kappa shape index (κ3) is 1.58. The van der Waals surface area contributed by atoms with Gasteiger partial charge in [-0.25, -0.2) is 0 Å². The smallest absolute Gasteiger partial charge is 0.141 e. The maximum Gasteiger partial charge on any atom is 0.141 e. The molecular weight excluding hydrogens is 190 g/mol. The lowest BCUT2D eigenvalue weighted by atomic mass is 10.2. The Morgan fingerprint density at radius 1 is 1.33 bits per heavy atom. The number of nitrogens with zero attached hydrogens (tertiary/aromatic N) is 1. The van der Waals surface area contributed by atoms with E-state index in [0.717, 1.165) is 10.9 Å². The van der Waals surface area contributed by atoms with Crippen LogP contribution in [0.1, 0.15) is 13.8 Å². The van der Waals surface area contributed by atoms with E-state index in [9.17, 15) is 5.11 Å². The van der Waals surface area contributed by atoms with Crippen molar-refractivity contribution < 1.29 is 5.11 Å². The van der Waals surface area contributed by atoms with Crippen molar-refractivity contribution in [1.29, 1.82) is 0 Å². The molecule has 4 nitrogen and oxygen atoms in total. The van der Waals surface area contributed by atoms with Crippen molar-refractivity contribution in [2.24, 2.45) is 0 Å². The second-order valence-electron chi connectivity index (χ2n) is 3.91. The highest BCUT2D eigenvalue weighted by Gasteiger charge is 2.08. The molecule has 1 aromatic carbocycles. The fourth-order valence-electron chi connectivity index (χ4n) is 1.65. The van der Waals surface area contributed by atoms with E-state index in [4.69, 9.17) is 5.73 Å². The molecule has 0 radical (unpaired) electrons. The van der Waals surface area contributed by atoms with Crippen LogP contribution in [0.2, 0.25) is 0 Å². The highest BCUT2D eigenvalue weighted by atomic mass is 16.3. The van der Waals surface area contributed by atoms with Crippen LogP contribution in [0.4, 0.5) is 5.69 Å². The van der Waals surface area contributed by atoms with E-state index in [2.05, 4.69) is 5.43 Å². The minimum Gasteiger partial charge on any atom is -0.506 e. The van der Waals surface area contributed by atoms with E-state index in [1.807, 2.05) is 26.1 Å². The summed E-state index contributed by atoms with van der Waals surface area (Å²) >= 11 is 0. The van der Waals surface area contributed by atoms with Crippen LogP contribution in [-0.2, 0) is 0 Å². The number of benzene rings is 1. The number of phenols is 1. The Morgan fingerprint density at radius 3 is 2.73 bits per heavy atom. The summed E-state index contributed by atoms with van der Waals surface area (Å²) in [6.07, 6.45) is 1.86. The summed E-state index contributed by atoms with van der Waals surface area (Å²) in [4.78, 5) is 0. The SMILES string of the molecule is CC(C)Nn1ccc2c(N)ccc(O)c21. The lowest BCUT2D eigenvalue weighted by Crippen LogP contribution is -2.21. The molecule has 4 N–H and O–H groups in total. The van der Waals surface area contributed by atoms with Gasteiger partial charge in [0.25, 0.3) is 0 Å². The molecule has 0 aliphatic carbocycles. The number of nitrogen functional groups attached to an aromatic ring is 1. The molecule has 0 saturated heterocycles. The molecule has 0 amide bonds. The van der Waals surface area contributed by atoms with Gasteiger partial charge in [-0.05, 0) is 32.0 Å². The Morgan fingerprint density at radius 2 is 2.07 bits per heavy atom. The topological polar surface area (TPSA) is 63.2 Å². The lowest BCUT2D eigenvalue weighted by Gasteiger charge is -2.13. The molecule has 0 spiro atoms. The van der Waals surface area contributed by atoms with Crippen LogP contribution in [0, 0.1) is 0 Å². The average Bonchev–Trinajstić information content (AvgIpc) is 2.56.